The number of alkyl carbamates (subject to hydrolysis) is 1. The van der Waals surface area contributed by atoms with E-state index in [1.165, 1.54) is 6.92 Å². The van der Waals surface area contributed by atoms with Crippen LogP contribution in [0.1, 0.15) is 57.1 Å². The molecule has 0 aliphatic heterocycles. The van der Waals surface area contributed by atoms with Crippen LogP contribution in [0.4, 0.5) is 4.79 Å². The van der Waals surface area contributed by atoms with Crippen LogP contribution >= 0.6 is 0 Å². The summed E-state index contributed by atoms with van der Waals surface area (Å²) in [6, 6.07) is 15.2. The van der Waals surface area contributed by atoms with Crippen molar-refractivity contribution in [2.45, 2.75) is 57.5 Å². The van der Waals surface area contributed by atoms with Crippen LogP contribution in [0, 0.1) is 0 Å². The largest absolute Gasteiger partial charge is 0.480 e. The van der Waals surface area contributed by atoms with Crippen molar-refractivity contribution in [1.29, 1.82) is 0 Å². The first kappa shape index (κ1) is 23.3. The van der Waals surface area contributed by atoms with Crippen molar-refractivity contribution in [3.63, 3.8) is 0 Å². The van der Waals surface area contributed by atoms with E-state index in [-0.39, 0.29) is 18.9 Å². The lowest BCUT2D eigenvalue weighted by atomic mass is 9.98. The predicted molar refractivity (Wildman–Crippen MR) is 121 cm³/mol. The van der Waals surface area contributed by atoms with E-state index in [1.807, 2.05) is 43.3 Å². The van der Waals surface area contributed by atoms with Crippen molar-refractivity contribution in [1.82, 2.24) is 10.6 Å². The number of carbonyl (C=O) groups is 3. The second-order valence-corrected chi connectivity index (χ2v) is 8.29. The molecule has 2 aromatic rings. The van der Waals surface area contributed by atoms with Crippen molar-refractivity contribution in [3.8, 4) is 11.1 Å². The van der Waals surface area contributed by atoms with E-state index >= 15 is 0 Å². The molecule has 3 N–H and O–H groups in total. The lowest BCUT2D eigenvalue weighted by molar-refractivity contribution is -0.147. The van der Waals surface area contributed by atoms with Gasteiger partial charge in [-0.1, -0.05) is 68.8 Å². The maximum Gasteiger partial charge on any atom is 0.407 e. The molecule has 2 unspecified atom stereocenters. The fourth-order valence-corrected chi connectivity index (χ4v) is 3.99. The van der Waals surface area contributed by atoms with Gasteiger partial charge in [-0.15, -0.1) is 0 Å². The van der Waals surface area contributed by atoms with Gasteiger partial charge in [-0.05, 0) is 42.0 Å². The van der Waals surface area contributed by atoms with Crippen LogP contribution < -0.4 is 10.6 Å². The summed E-state index contributed by atoms with van der Waals surface area (Å²) in [5.41, 5.74) is 3.07. The molecule has 2 atom stereocenters. The third-order valence-corrected chi connectivity index (χ3v) is 6.11. The maximum atomic E-state index is 12.7. The molecule has 0 spiro atoms. The minimum Gasteiger partial charge on any atom is -0.480 e. The summed E-state index contributed by atoms with van der Waals surface area (Å²) >= 11 is 0. The molecule has 0 heterocycles. The molecular formula is C25H30N2O5. The SMILES string of the molecule is CCCC(NC(=O)OCC1c2ccccc2-c2ccccc21)C(=O)NC(C)(CC)C(=O)O. The number of carboxylic acids is 1. The summed E-state index contributed by atoms with van der Waals surface area (Å²) < 4.78 is 5.52. The van der Waals surface area contributed by atoms with Gasteiger partial charge in [0.05, 0.1) is 0 Å². The van der Waals surface area contributed by atoms with Gasteiger partial charge in [0, 0.05) is 5.92 Å². The number of fused-ring (bicyclic) bond motifs is 3. The quantitative estimate of drug-likeness (QED) is 0.548. The molecule has 0 bridgehead atoms. The third kappa shape index (κ3) is 4.77. The topological polar surface area (TPSA) is 105 Å². The van der Waals surface area contributed by atoms with Gasteiger partial charge in [-0.25, -0.2) is 9.59 Å². The zero-order chi connectivity index (χ0) is 23.3. The molecular weight excluding hydrogens is 408 g/mol. The first-order valence-electron chi connectivity index (χ1n) is 11.0. The Morgan fingerprint density at radius 1 is 1.03 bits per heavy atom. The Balaban J connectivity index is 1.66. The molecule has 0 saturated carbocycles. The fraction of sp³-hybridized carbons (Fsp3) is 0.400. The molecule has 1 aliphatic carbocycles. The molecule has 7 heteroatoms. The Bertz CT molecular complexity index is 960. The number of carboxylic acid groups (broad SMARTS) is 1. The van der Waals surface area contributed by atoms with Gasteiger partial charge >= 0.3 is 12.1 Å². The predicted octanol–water partition coefficient (Wildman–Crippen LogP) is 4.06. The molecule has 0 radical (unpaired) electrons. The number of benzene rings is 2. The smallest absolute Gasteiger partial charge is 0.407 e. The maximum absolute atomic E-state index is 12.7. The van der Waals surface area contributed by atoms with E-state index in [1.54, 1.807) is 6.92 Å². The monoisotopic (exact) mass is 438 g/mol. The zero-order valence-electron chi connectivity index (χ0n) is 18.7. The van der Waals surface area contributed by atoms with E-state index in [9.17, 15) is 19.5 Å². The third-order valence-electron chi connectivity index (χ3n) is 6.11. The second kappa shape index (κ2) is 9.85. The van der Waals surface area contributed by atoms with E-state index in [0.29, 0.717) is 12.8 Å². The number of amides is 2. The first-order chi connectivity index (χ1) is 15.3. The van der Waals surface area contributed by atoms with E-state index < -0.39 is 29.6 Å². The minimum atomic E-state index is -1.40. The normalized spacial score (nSPS) is 15.1. The molecule has 1 aliphatic rings. The van der Waals surface area contributed by atoms with E-state index in [2.05, 4.69) is 22.8 Å². The molecule has 2 amide bonds. The number of rotatable bonds is 9. The summed E-state index contributed by atoms with van der Waals surface area (Å²) in [7, 11) is 0. The van der Waals surface area contributed by atoms with Gasteiger partial charge in [-0.2, -0.15) is 0 Å². The Kier molecular flexibility index (Phi) is 7.18. The van der Waals surface area contributed by atoms with Gasteiger partial charge in [0.2, 0.25) is 5.91 Å². The molecule has 2 aromatic carbocycles. The average molecular weight is 439 g/mol. The molecule has 3 rings (SSSR count). The number of hydrogen-bond donors (Lipinski definition) is 3. The van der Waals surface area contributed by atoms with Crippen molar-refractivity contribution >= 4 is 18.0 Å². The van der Waals surface area contributed by atoms with Crippen LogP contribution in [0.15, 0.2) is 48.5 Å². The van der Waals surface area contributed by atoms with Crippen molar-refractivity contribution in [2.24, 2.45) is 0 Å². The van der Waals surface area contributed by atoms with Gasteiger partial charge in [-0.3, -0.25) is 4.79 Å². The number of nitrogens with one attached hydrogen (secondary N) is 2. The Morgan fingerprint density at radius 2 is 1.59 bits per heavy atom. The van der Waals surface area contributed by atoms with Gasteiger partial charge in [0.25, 0.3) is 0 Å². The van der Waals surface area contributed by atoms with Crippen LogP contribution in [0.3, 0.4) is 0 Å². The Morgan fingerprint density at radius 3 is 2.09 bits per heavy atom. The summed E-state index contributed by atoms with van der Waals surface area (Å²) in [5.74, 6) is -1.74. The summed E-state index contributed by atoms with van der Waals surface area (Å²) in [5, 5.41) is 14.6. The van der Waals surface area contributed by atoms with E-state index in [0.717, 1.165) is 22.3 Å². The standard InChI is InChI=1S/C25H30N2O5/c1-4-10-21(22(28)27-25(3,5-2)23(29)30)26-24(31)32-15-20-18-13-8-6-11-16(18)17-12-7-9-14-19(17)20/h6-9,11-14,20-21H,4-5,10,15H2,1-3H3,(H,26,31)(H,27,28)(H,29,30). The zero-order valence-corrected chi connectivity index (χ0v) is 18.7. The molecule has 0 fully saturated rings. The molecule has 7 nitrogen and oxygen atoms in total. The van der Waals surface area contributed by atoms with Crippen LogP contribution in [0.2, 0.25) is 0 Å². The fourth-order valence-electron chi connectivity index (χ4n) is 3.99. The van der Waals surface area contributed by atoms with Crippen LogP contribution in [0.25, 0.3) is 11.1 Å². The number of carbonyl (C=O) groups excluding carboxylic acids is 2. The lowest BCUT2D eigenvalue weighted by Crippen LogP contribution is -2.57. The van der Waals surface area contributed by atoms with Gasteiger partial charge < -0.3 is 20.5 Å². The number of aliphatic carboxylic acids is 1. The second-order valence-electron chi connectivity index (χ2n) is 8.29. The highest BCUT2D eigenvalue weighted by Crippen LogP contribution is 2.44. The first-order valence-corrected chi connectivity index (χ1v) is 11.0. The highest BCUT2D eigenvalue weighted by Gasteiger charge is 2.35. The lowest BCUT2D eigenvalue weighted by Gasteiger charge is -2.27. The molecule has 32 heavy (non-hydrogen) atoms. The summed E-state index contributed by atoms with van der Waals surface area (Å²) in [4.78, 5) is 36.8. The summed E-state index contributed by atoms with van der Waals surface area (Å²) in [6.45, 7) is 5.16. The number of ether oxygens (including phenoxy) is 1. The van der Waals surface area contributed by atoms with E-state index in [4.69, 9.17) is 4.74 Å². The van der Waals surface area contributed by atoms with Crippen LogP contribution in [-0.2, 0) is 14.3 Å². The number of hydrogen-bond acceptors (Lipinski definition) is 4. The molecule has 170 valence electrons. The highest BCUT2D eigenvalue weighted by molar-refractivity contribution is 5.91. The van der Waals surface area contributed by atoms with Crippen LogP contribution in [0.5, 0.6) is 0 Å². The van der Waals surface area contributed by atoms with Gasteiger partial charge in [0.15, 0.2) is 0 Å². The molecule has 0 saturated heterocycles. The van der Waals surface area contributed by atoms with Crippen molar-refractivity contribution < 1.29 is 24.2 Å². The Hall–Kier alpha value is -3.35. The highest BCUT2D eigenvalue weighted by atomic mass is 16.5. The summed E-state index contributed by atoms with van der Waals surface area (Å²) in [6.07, 6.45) is 0.527. The van der Waals surface area contributed by atoms with Crippen molar-refractivity contribution in [2.75, 3.05) is 6.61 Å². The van der Waals surface area contributed by atoms with Gasteiger partial charge in [0.1, 0.15) is 18.2 Å². The minimum absolute atomic E-state index is 0.0815. The van der Waals surface area contributed by atoms with Crippen molar-refractivity contribution in [3.05, 3.63) is 59.7 Å². The Labute approximate surface area is 188 Å². The average Bonchev–Trinajstić information content (AvgIpc) is 3.11. The molecule has 0 aromatic heterocycles. The van der Waals surface area contributed by atoms with Crippen LogP contribution in [-0.4, -0.2) is 41.3 Å².